The number of sulfone groups is 1. The Morgan fingerprint density at radius 2 is 1.77 bits per heavy atom. The highest BCUT2D eigenvalue weighted by atomic mass is 32.2. The molecule has 2 saturated carbocycles. The second-order valence-electron chi connectivity index (χ2n) is 10.3. The van der Waals surface area contributed by atoms with Gasteiger partial charge in [-0.05, 0) is 43.7 Å². The zero-order valence-corrected chi connectivity index (χ0v) is 22.7. The molecule has 0 spiro atoms. The van der Waals surface area contributed by atoms with E-state index in [-0.39, 0.29) is 17.7 Å². The molecule has 14 heteroatoms. The van der Waals surface area contributed by atoms with Crippen LogP contribution in [-0.2, 0) is 16.9 Å². The number of nitrogens with one attached hydrogen (secondary N) is 2. The maximum atomic E-state index is 15.2. The molecule has 3 aromatic heterocycles. The van der Waals surface area contributed by atoms with E-state index in [2.05, 4.69) is 30.5 Å². The van der Waals surface area contributed by atoms with Crippen LogP contribution in [0.15, 0.2) is 29.3 Å². The maximum Gasteiger partial charge on any atom is 0.232 e. The highest BCUT2D eigenvalue weighted by molar-refractivity contribution is 7.90. The van der Waals surface area contributed by atoms with Gasteiger partial charge in [-0.2, -0.15) is 15.3 Å². The first kappa shape index (κ1) is 25.9. The summed E-state index contributed by atoms with van der Waals surface area (Å²) in [6, 6.07) is 5.49. The SMILES string of the molecule is CN(c1nc(Nc2cc(C3CC3)[nH]n2)c(C2CC2)c(-c2cn(C)c(C#N)n2)n1)c1c(F)cc(S(C)(=O)=O)cc1F. The summed E-state index contributed by atoms with van der Waals surface area (Å²) < 4.78 is 55.7. The molecule has 0 atom stereocenters. The van der Waals surface area contributed by atoms with Crippen LogP contribution in [0.3, 0.4) is 0 Å². The summed E-state index contributed by atoms with van der Waals surface area (Å²) in [7, 11) is -0.758. The van der Waals surface area contributed by atoms with Gasteiger partial charge in [0.1, 0.15) is 29.0 Å². The third kappa shape index (κ3) is 4.77. The summed E-state index contributed by atoms with van der Waals surface area (Å²) in [4.78, 5) is 14.4. The van der Waals surface area contributed by atoms with Gasteiger partial charge in [0.2, 0.25) is 11.8 Å². The van der Waals surface area contributed by atoms with Gasteiger partial charge in [0, 0.05) is 49.8 Å². The number of imidazole rings is 1. The number of benzene rings is 1. The van der Waals surface area contributed by atoms with Gasteiger partial charge in [-0.1, -0.05) is 0 Å². The van der Waals surface area contributed by atoms with Gasteiger partial charge in [0.05, 0.1) is 4.90 Å². The first-order valence-corrected chi connectivity index (χ1v) is 14.5. The second kappa shape index (κ2) is 9.37. The molecule has 0 amide bonds. The number of hydrogen-bond acceptors (Lipinski definition) is 9. The summed E-state index contributed by atoms with van der Waals surface area (Å²) in [6.07, 6.45) is 6.52. The molecular weight excluding hydrogens is 540 g/mol. The molecule has 0 unspecified atom stereocenters. The first-order chi connectivity index (χ1) is 19.0. The Bertz CT molecular complexity index is 1780. The van der Waals surface area contributed by atoms with Crippen LogP contribution in [0.25, 0.3) is 11.4 Å². The molecule has 11 nitrogen and oxygen atoms in total. The summed E-state index contributed by atoms with van der Waals surface area (Å²) in [5, 5.41) is 20.2. The van der Waals surface area contributed by atoms with Crippen molar-refractivity contribution in [3.63, 3.8) is 0 Å². The number of anilines is 4. The Hall–Kier alpha value is -4.38. The fourth-order valence-electron chi connectivity index (χ4n) is 4.64. The molecule has 40 heavy (non-hydrogen) atoms. The fraction of sp³-hybridized carbons (Fsp3) is 0.346. The Balaban J connectivity index is 1.51. The van der Waals surface area contributed by atoms with Crippen LogP contribution < -0.4 is 10.2 Å². The molecule has 4 aromatic rings. The van der Waals surface area contributed by atoms with Crippen molar-refractivity contribution in [2.45, 2.75) is 42.4 Å². The van der Waals surface area contributed by atoms with Crippen molar-refractivity contribution >= 4 is 33.1 Å². The Morgan fingerprint density at radius 1 is 1.10 bits per heavy atom. The topological polar surface area (TPSA) is 145 Å². The molecular formula is C26H25F2N9O2S. The summed E-state index contributed by atoms with van der Waals surface area (Å²) in [5.74, 6) is -0.541. The predicted octanol–water partition coefficient (Wildman–Crippen LogP) is 4.42. The van der Waals surface area contributed by atoms with Gasteiger partial charge in [-0.15, -0.1) is 0 Å². The molecule has 2 fully saturated rings. The van der Waals surface area contributed by atoms with Crippen molar-refractivity contribution in [2.24, 2.45) is 7.05 Å². The lowest BCUT2D eigenvalue weighted by Crippen LogP contribution is -2.19. The number of H-pyrrole nitrogens is 1. The van der Waals surface area contributed by atoms with Crippen molar-refractivity contribution in [3.05, 3.63) is 53.1 Å². The molecule has 2 aliphatic rings. The molecule has 6 rings (SSSR count). The van der Waals surface area contributed by atoms with Crippen LogP contribution in [0.5, 0.6) is 0 Å². The molecule has 0 radical (unpaired) electrons. The minimum atomic E-state index is -3.84. The van der Waals surface area contributed by atoms with E-state index in [1.807, 2.05) is 12.1 Å². The summed E-state index contributed by atoms with van der Waals surface area (Å²) in [5.41, 5.74) is 2.10. The molecule has 2 aliphatic carbocycles. The van der Waals surface area contributed by atoms with E-state index in [1.165, 1.54) is 7.05 Å². The van der Waals surface area contributed by atoms with Gasteiger partial charge in [0.15, 0.2) is 27.3 Å². The van der Waals surface area contributed by atoms with Gasteiger partial charge in [0.25, 0.3) is 0 Å². The zero-order valence-electron chi connectivity index (χ0n) is 21.9. The van der Waals surface area contributed by atoms with Gasteiger partial charge in [-0.3, -0.25) is 5.10 Å². The molecule has 2 N–H and O–H groups in total. The van der Waals surface area contributed by atoms with Crippen molar-refractivity contribution < 1.29 is 17.2 Å². The van der Waals surface area contributed by atoms with Crippen LogP contribution in [0.1, 0.15) is 54.6 Å². The highest BCUT2D eigenvalue weighted by Gasteiger charge is 2.34. The molecule has 206 valence electrons. The summed E-state index contributed by atoms with van der Waals surface area (Å²) >= 11 is 0. The number of nitriles is 1. The average molecular weight is 566 g/mol. The van der Waals surface area contributed by atoms with Gasteiger partial charge in [-0.25, -0.2) is 27.2 Å². The van der Waals surface area contributed by atoms with Crippen LogP contribution in [-0.4, -0.2) is 51.4 Å². The monoisotopic (exact) mass is 565 g/mol. The highest BCUT2D eigenvalue weighted by Crippen LogP contribution is 2.48. The lowest BCUT2D eigenvalue weighted by molar-refractivity contribution is 0.569. The second-order valence-corrected chi connectivity index (χ2v) is 12.3. The largest absolute Gasteiger partial charge is 0.325 e. The average Bonchev–Trinajstić information content (AvgIpc) is 3.83. The van der Waals surface area contributed by atoms with Crippen molar-refractivity contribution in [1.29, 1.82) is 5.26 Å². The fourth-order valence-corrected chi connectivity index (χ4v) is 5.28. The van der Waals surface area contributed by atoms with E-state index >= 15 is 8.78 Å². The van der Waals surface area contributed by atoms with E-state index < -0.39 is 32.1 Å². The predicted molar refractivity (Wildman–Crippen MR) is 142 cm³/mol. The van der Waals surface area contributed by atoms with Crippen molar-refractivity contribution in [3.8, 4) is 17.5 Å². The van der Waals surface area contributed by atoms with E-state index in [9.17, 15) is 13.7 Å². The molecule has 3 heterocycles. The Kier molecular flexibility index (Phi) is 6.06. The van der Waals surface area contributed by atoms with E-state index in [0.717, 1.165) is 60.2 Å². The normalized spacial score (nSPS) is 15.2. The number of aryl methyl sites for hydroxylation is 1. The zero-order chi connectivity index (χ0) is 28.3. The number of hydrogen-bond donors (Lipinski definition) is 2. The van der Waals surface area contributed by atoms with Crippen molar-refractivity contribution in [1.82, 2.24) is 29.7 Å². The van der Waals surface area contributed by atoms with Crippen LogP contribution in [0.4, 0.5) is 32.1 Å². The smallest absolute Gasteiger partial charge is 0.232 e. The first-order valence-electron chi connectivity index (χ1n) is 12.6. The van der Waals surface area contributed by atoms with E-state index in [1.54, 1.807) is 17.8 Å². The number of halogens is 2. The lowest BCUT2D eigenvalue weighted by Gasteiger charge is -2.22. The quantitative estimate of drug-likeness (QED) is 0.317. The minimum Gasteiger partial charge on any atom is -0.325 e. The van der Waals surface area contributed by atoms with E-state index in [0.29, 0.717) is 28.9 Å². The van der Waals surface area contributed by atoms with Crippen molar-refractivity contribution in [2.75, 3.05) is 23.5 Å². The Morgan fingerprint density at radius 3 is 2.35 bits per heavy atom. The summed E-state index contributed by atoms with van der Waals surface area (Å²) in [6.45, 7) is 0. The van der Waals surface area contributed by atoms with Crippen LogP contribution in [0, 0.1) is 23.0 Å². The Labute approximate surface area is 228 Å². The third-order valence-electron chi connectivity index (χ3n) is 7.05. The number of aromatic amines is 1. The standard InChI is InChI=1S/C26H25F2N9O2S/c1-36-12-19(30-21(36)11-29)23-22(14-6-7-14)25(31-20-10-18(34-35-20)13-4-5-13)33-26(32-23)37(2)24-16(27)8-15(9-17(24)28)40(3,38)39/h8-10,12-14H,4-7H2,1-3H3,(H2,31,32,33,34,35). The number of rotatable bonds is 8. The molecule has 0 aliphatic heterocycles. The minimum absolute atomic E-state index is 0.0612. The van der Waals surface area contributed by atoms with E-state index in [4.69, 9.17) is 0 Å². The van der Waals surface area contributed by atoms with Crippen LogP contribution in [0.2, 0.25) is 0 Å². The molecule has 0 bridgehead atoms. The lowest BCUT2D eigenvalue weighted by atomic mass is 10.1. The number of aromatic nitrogens is 6. The maximum absolute atomic E-state index is 15.2. The number of nitrogens with zero attached hydrogens (tertiary/aromatic N) is 7. The molecule has 1 aromatic carbocycles. The molecule has 0 saturated heterocycles. The van der Waals surface area contributed by atoms with Gasteiger partial charge >= 0.3 is 0 Å². The van der Waals surface area contributed by atoms with Gasteiger partial charge < -0.3 is 14.8 Å². The van der Waals surface area contributed by atoms with Crippen LogP contribution >= 0.6 is 0 Å². The third-order valence-corrected chi connectivity index (χ3v) is 8.15.